The van der Waals surface area contributed by atoms with Crippen LogP contribution >= 0.6 is 0 Å². The highest BCUT2D eigenvalue weighted by Gasteiger charge is 2.41. The second kappa shape index (κ2) is 4.35. The number of nitrogens with zero attached hydrogens (tertiary/aromatic N) is 1. The van der Waals surface area contributed by atoms with Gasteiger partial charge in [-0.05, 0) is 19.3 Å². The minimum Gasteiger partial charge on any atom is -0.294 e. The van der Waals surface area contributed by atoms with Crippen LogP contribution < -0.4 is 10.0 Å². The van der Waals surface area contributed by atoms with Crippen LogP contribution in [0.1, 0.15) is 26.2 Å². The number of amides is 2. The molecule has 2 fully saturated rings. The van der Waals surface area contributed by atoms with Crippen LogP contribution in [0.4, 0.5) is 0 Å². The monoisotopic (exact) mass is 261 g/mol. The molecule has 0 aromatic carbocycles. The van der Waals surface area contributed by atoms with Gasteiger partial charge in [0.1, 0.15) is 6.04 Å². The van der Waals surface area contributed by atoms with Gasteiger partial charge in [-0.25, -0.2) is 0 Å². The molecule has 1 heterocycles. The fourth-order valence-electron chi connectivity index (χ4n) is 1.76. The lowest BCUT2D eigenvalue weighted by Gasteiger charge is -2.32. The third-order valence-corrected chi connectivity index (χ3v) is 4.43. The van der Waals surface area contributed by atoms with Crippen molar-refractivity contribution in [1.82, 2.24) is 14.3 Å². The molecular weight excluding hydrogens is 246 g/mol. The van der Waals surface area contributed by atoms with Gasteiger partial charge in [0.05, 0.1) is 6.54 Å². The van der Waals surface area contributed by atoms with E-state index in [-0.39, 0.29) is 12.6 Å². The first-order valence-corrected chi connectivity index (χ1v) is 7.01. The van der Waals surface area contributed by atoms with Crippen LogP contribution in [0.3, 0.4) is 0 Å². The van der Waals surface area contributed by atoms with Gasteiger partial charge >= 0.3 is 0 Å². The van der Waals surface area contributed by atoms with E-state index in [1.165, 1.54) is 0 Å². The van der Waals surface area contributed by atoms with E-state index in [1.54, 1.807) is 6.92 Å². The van der Waals surface area contributed by atoms with Crippen LogP contribution in [0.25, 0.3) is 0 Å². The first kappa shape index (κ1) is 12.5. The molecule has 0 radical (unpaired) electrons. The molecule has 1 saturated heterocycles. The lowest BCUT2D eigenvalue weighted by atomic mass is 10.2. The van der Waals surface area contributed by atoms with E-state index in [0.29, 0.717) is 6.42 Å². The van der Waals surface area contributed by atoms with Crippen molar-refractivity contribution >= 4 is 22.0 Å². The highest BCUT2D eigenvalue weighted by molar-refractivity contribution is 7.87. The van der Waals surface area contributed by atoms with Crippen molar-refractivity contribution in [3.05, 3.63) is 0 Å². The van der Waals surface area contributed by atoms with Gasteiger partial charge in [0.2, 0.25) is 11.8 Å². The van der Waals surface area contributed by atoms with Gasteiger partial charge in [-0.15, -0.1) is 0 Å². The number of piperazine rings is 1. The Labute approximate surface area is 99.7 Å². The number of carbonyl (C=O) groups excluding carboxylic acids is 2. The molecule has 0 bridgehead atoms. The van der Waals surface area contributed by atoms with Gasteiger partial charge in [0, 0.05) is 6.04 Å². The smallest absolute Gasteiger partial charge is 0.280 e. The quantitative estimate of drug-likeness (QED) is 0.616. The Balaban J connectivity index is 2.20. The van der Waals surface area contributed by atoms with Crippen LogP contribution in [0, 0.1) is 0 Å². The van der Waals surface area contributed by atoms with E-state index >= 15 is 0 Å². The third kappa shape index (κ3) is 2.64. The van der Waals surface area contributed by atoms with Crippen molar-refractivity contribution < 1.29 is 18.0 Å². The van der Waals surface area contributed by atoms with E-state index in [9.17, 15) is 18.0 Å². The summed E-state index contributed by atoms with van der Waals surface area (Å²) in [7, 11) is -3.75. The van der Waals surface area contributed by atoms with Gasteiger partial charge in [-0.2, -0.15) is 17.4 Å². The summed E-state index contributed by atoms with van der Waals surface area (Å²) in [4.78, 5) is 22.8. The minimum atomic E-state index is -3.75. The number of carbonyl (C=O) groups is 2. The lowest BCUT2D eigenvalue weighted by Crippen LogP contribution is -2.61. The molecule has 0 aromatic rings. The van der Waals surface area contributed by atoms with Crippen LogP contribution in [0.5, 0.6) is 0 Å². The van der Waals surface area contributed by atoms with Crippen molar-refractivity contribution in [2.75, 3.05) is 6.54 Å². The number of imide groups is 1. The van der Waals surface area contributed by atoms with Crippen LogP contribution in [-0.4, -0.2) is 43.2 Å². The van der Waals surface area contributed by atoms with E-state index in [0.717, 1.165) is 17.1 Å². The van der Waals surface area contributed by atoms with E-state index in [2.05, 4.69) is 10.0 Å². The molecule has 1 aliphatic heterocycles. The average molecular weight is 261 g/mol. The Kier molecular flexibility index (Phi) is 3.19. The number of nitrogens with one attached hydrogen (secondary N) is 2. The molecule has 1 saturated carbocycles. The fraction of sp³-hybridized carbons (Fsp3) is 0.778. The summed E-state index contributed by atoms with van der Waals surface area (Å²) in [5.41, 5.74) is 0. The van der Waals surface area contributed by atoms with Crippen molar-refractivity contribution in [1.29, 1.82) is 0 Å². The highest BCUT2D eigenvalue weighted by atomic mass is 32.2. The largest absolute Gasteiger partial charge is 0.294 e. The SMILES string of the molecule is CCC1C(=O)NC(=O)CN1S(=O)(=O)NC1CC1. The van der Waals surface area contributed by atoms with Gasteiger partial charge in [-0.1, -0.05) is 6.92 Å². The molecule has 1 unspecified atom stereocenters. The zero-order valence-corrected chi connectivity index (χ0v) is 10.3. The average Bonchev–Trinajstić information content (AvgIpc) is 3.00. The predicted molar refractivity (Wildman–Crippen MR) is 59.0 cm³/mol. The Bertz CT molecular complexity index is 443. The number of rotatable bonds is 4. The van der Waals surface area contributed by atoms with Gasteiger partial charge in [0.15, 0.2) is 0 Å². The van der Waals surface area contributed by atoms with E-state index in [4.69, 9.17) is 0 Å². The van der Waals surface area contributed by atoms with Crippen LogP contribution in [-0.2, 0) is 19.8 Å². The maximum absolute atomic E-state index is 12.0. The first-order valence-electron chi connectivity index (χ1n) is 5.57. The molecular formula is C9H15N3O4S. The molecule has 1 atom stereocenters. The number of hydrogen-bond donors (Lipinski definition) is 2. The minimum absolute atomic E-state index is 0.0439. The Hall–Kier alpha value is -0.990. The molecule has 7 nitrogen and oxygen atoms in total. The topological polar surface area (TPSA) is 95.6 Å². The summed E-state index contributed by atoms with van der Waals surface area (Å²) in [5.74, 6) is -1.13. The van der Waals surface area contributed by atoms with E-state index in [1.807, 2.05) is 0 Å². The van der Waals surface area contributed by atoms with Crippen LogP contribution in [0.2, 0.25) is 0 Å². The molecule has 8 heteroatoms. The van der Waals surface area contributed by atoms with Crippen molar-refractivity contribution in [2.45, 2.75) is 38.3 Å². The summed E-state index contributed by atoms with van der Waals surface area (Å²) in [5, 5.41) is 2.14. The molecule has 17 heavy (non-hydrogen) atoms. The van der Waals surface area contributed by atoms with Gasteiger partial charge in [-0.3, -0.25) is 14.9 Å². The van der Waals surface area contributed by atoms with Crippen LogP contribution in [0.15, 0.2) is 0 Å². The summed E-state index contributed by atoms with van der Waals surface area (Å²) in [6.07, 6.45) is 1.96. The van der Waals surface area contributed by atoms with Gasteiger partial charge < -0.3 is 0 Å². The maximum atomic E-state index is 12.0. The summed E-state index contributed by atoms with van der Waals surface area (Å²) in [6, 6.07) is -0.846. The van der Waals surface area contributed by atoms with E-state index < -0.39 is 28.1 Å². The second-order valence-corrected chi connectivity index (χ2v) is 5.93. The highest BCUT2D eigenvalue weighted by Crippen LogP contribution is 2.22. The molecule has 0 spiro atoms. The fourth-order valence-corrected chi connectivity index (χ4v) is 3.42. The lowest BCUT2D eigenvalue weighted by molar-refractivity contribution is -0.137. The summed E-state index contributed by atoms with van der Waals surface area (Å²) < 4.78 is 27.4. The standard InChI is InChI=1S/C9H15N3O4S/c1-2-7-9(14)10-8(13)5-12(7)17(15,16)11-6-3-4-6/h6-7,11H,2-5H2,1H3,(H,10,13,14). The zero-order valence-electron chi connectivity index (χ0n) is 9.47. The Morgan fingerprint density at radius 2 is 2.06 bits per heavy atom. The second-order valence-electron chi connectivity index (χ2n) is 4.28. The Morgan fingerprint density at radius 1 is 1.41 bits per heavy atom. The molecule has 0 aromatic heterocycles. The third-order valence-electron chi connectivity index (χ3n) is 2.80. The molecule has 2 aliphatic rings. The van der Waals surface area contributed by atoms with Crippen molar-refractivity contribution in [2.24, 2.45) is 0 Å². The number of hydrogen-bond acceptors (Lipinski definition) is 4. The zero-order chi connectivity index (χ0) is 12.6. The molecule has 2 amide bonds. The summed E-state index contributed by atoms with van der Waals surface area (Å²) >= 11 is 0. The normalized spacial score (nSPS) is 27.0. The molecule has 2 rings (SSSR count). The summed E-state index contributed by atoms with van der Waals surface area (Å²) in [6.45, 7) is 1.41. The van der Waals surface area contributed by atoms with Gasteiger partial charge in [0.25, 0.3) is 10.2 Å². The van der Waals surface area contributed by atoms with Crippen molar-refractivity contribution in [3.63, 3.8) is 0 Å². The molecule has 1 aliphatic carbocycles. The predicted octanol–water partition coefficient (Wildman–Crippen LogP) is -1.28. The van der Waals surface area contributed by atoms with Crippen molar-refractivity contribution in [3.8, 4) is 0 Å². The maximum Gasteiger partial charge on any atom is 0.280 e. The Morgan fingerprint density at radius 3 is 2.59 bits per heavy atom. The molecule has 96 valence electrons. The first-order chi connectivity index (χ1) is 7.94. The molecule has 2 N–H and O–H groups in total.